The lowest BCUT2D eigenvalue weighted by atomic mass is 10.0. The first kappa shape index (κ1) is 13.5. The number of piperidine rings is 1. The van der Waals surface area contributed by atoms with Crippen LogP contribution < -0.4 is 10.6 Å². The lowest BCUT2D eigenvalue weighted by Crippen LogP contribution is -2.50. The minimum atomic E-state index is 0.00459. The van der Waals surface area contributed by atoms with Crippen LogP contribution in [0.1, 0.15) is 39.0 Å². The quantitative estimate of drug-likeness (QED) is 0.714. The fourth-order valence-electron chi connectivity index (χ4n) is 2.12. The Hall–Kier alpha value is -0.610. The van der Waals surface area contributed by atoms with Gasteiger partial charge in [0, 0.05) is 7.11 Å². The molecular formula is C12H24N2O2. The van der Waals surface area contributed by atoms with Gasteiger partial charge in [-0.25, -0.2) is 0 Å². The summed E-state index contributed by atoms with van der Waals surface area (Å²) in [6, 6.07) is 0.163. The summed E-state index contributed by atoms with van der Waals surface area (Å²) in [4.78, 5) is 11.9. The van der Waals surface area contributed by atoms with E-state index in [0.29, 0.717) is 6.61 Å². The summed E-state index contributed by atoms with van der Waals surface area (Å²) in [5, 5.41) is 6.32. The van der Waals surface area contributed by atoms with Crippen LogP contribution in [0.15, 0.2) is 0 Å². The topological polar surface area (TPSA) is 50.4 Å². The van der Waals surface area contributed by atoms with Gasteiger partial charge in [-0.2, -0.15) is 0 Å². The Balaban J connectivity index is 2.33. The van der Waals surface area contributed by atoms with E-state index in [4.69, 9.17) is 4.74 Å². The highest BCUT2D eigenvalue weighted by atomic mass is 16.5. The molecule has 2 N–H and O–H groups in total. The van der Waals surface area contributed by atoms with Gasteiger partial charge >= 0.3 is 0 Å². The van der Waals surface area contributed by atoms with Crippen molar-refractivity contribution < 1.29 is 9.53 Å². The highest BCUT2D eigenvalue weighted by Crippen LogP contribution is 2.07. The van der Waals surface area contributed by atoms with Crippen LogP contribution in [0.4, 0.5) is 0 Å². The summed E-state index contributed by atoms with van der Waals surface area (Å²) in [6.07, 6.45) is 5.32. The largest absolute Gasteiger partial charge is 0.383 e. The second kappa shape index (κ2) is 7.63. The number of carbonyl (C=O) groups is 1. The van der Waals surface area contributed by atoms with Gasteiger partial charge in [0.15, 0.2) is 0 Å². The Morgan fingerprint density at radius 3 is 2.94 bits per heavy atom. The van der Waals surface area contributed by atoms with Crippen molar-refractivity contribution in [2.24, 2.45) is 0 Å². The van der Waals surface area contributed by atoms with Gasteiger partial charge in [0.05, 0.1) is 18.7 Å². The van der Waals surface area contributed by atoms with E-state index in [1.165, 1.54) is 6.42 Å². The molecule has 1 heterocycles. The van der Waals surface area contributed by atoms with Crippen LogP contribution in [0, 0.1) is 0 Å². The Kier molecular flexibility index (Phi) is 6.42. The maximum Gasteiger partial charge on any atom is 0.237 e. The second-order valence-corrected chi connectivity index (χ2v) is 4.45. The van der Waals surface area contributed by atoms with Crippen LogP contribution >= 0.6 is 0 Å². The lowest BCUT2D eigenvalue weighted by molar-refractivity contribution is -0.124. The number of methoxy groups -OCH3 is 1. The minimum Gasteiger partial charge on any atom is -0.383 e. The summed E-state index contributed by atoms with van der Waals surface area (Å²) in [6.45, 7) is 3.68. The number of amides is 1. The van der Waals surface area contributed by atoms with Crippen molar-refractivity contribution in [1.82, 2.24) is 10.6 Å². The first-order valence-electron chi connectivity index (χ1n) is 6.30. The molecule has 0 saturated carbocycles. The van der Waals surface area contributed by atoms with Gasteiger partial charge in [-0.15, -0.1) is 0 Å². The van der Waals surface area contributed by atoms with Gasteiger partial charge in [0.2, 0.25) is 5.91 Å². The van der Waals surface area contributed by atoms with Crippen molar-refractivity contribution in [2.75, 3.05) is 20.3 Å². The highest BCUT2D eigenvalue weighted by Gasteiger charge is 2.22. The number of hydrogen-bond donors (Lipinski definition) is 2. The number of nitrogens with one attached hydrogen (secondary N) is 2. The zero-order valence-electron chi connectivity index (χ0n) is 10.4. The molecule has 4 nitrogen and oxygen atoms in total. The van der Waals surface area contributed by atoms with E-state index in [-0.39, 0.29) is 18.0 Å². The number of ether oxygens (including phenoxy) is 1. The van der Waals surface area contributed by atoms with E-state index in [9.17, 15) is 4.79 Å². The molecule has 94 valence electrons. The molecule has 0 aromatic heterocycles. The SMILES string of the molecule is CCCC(COC)NC(=O)[C@@H]1CCCCN1. The van der Waals surface area contributed by atoms with Crippen molar-refractivity contribution in [1.29, 1.82) is 0 Å². The van der Waals surface area contributed by atoms with Crippen molar-refractivity contribution in [3.8, 4) is 0 Å². The van der Waals surface area contributed by atoms with E-state index < -0.39 is 0 Å². The number of carbonyl (C=O) groups excluding carboxylic acids is 1. The molecule has 16 heavy (non-hydrogen) atoms. The molecule has 1 aliphatic heterocycles. The van der Waals surface area contributed by atoms with Crippen molar-refractivity contribution in [3.05, 3.63) is 0 Å². The van der Waals surface area contributed by atoms with Crippen molar-refractivity contribution >= 4 is 5.91 Å². The second-order valence-electron chi connectivity index (χ2n) is 4.45. The number of rotatable bonds is 6. The van der Waals surface area contributed by atoms with Gasteiger partial charge in [0.25, 0.3) is 0 Å². The van der Waals surface area contributed by atoms with Gasteiger partial charge in [0.1, 0.15) is 0 Å². The molecule has 1 fully saturated rings. The fourth-order valence-corrected chi connectivity index (χ4v) is 2.12. The van der Waals surface area contributed by atoms with Gasteiger partial charge in [-0.1, -0.05) is 19.8 Å². The zero-order valence-corrected chi connectivity index (χ0v) is 10.4. The standard InChI is InChI=1S/C12H24N2O2/c1-3-6-10(9-16-2)14-12(15)11-7-4-5-8-13-11/h10-11,13H,3-9H2,1-2H3,(H,14,15)/t10?,11-/m0/s1. The molecule has 1 amide bonds. The predicted octanol–water partition coefficient (Wildman–Crippen LogP) is 1.06. The Morgan fingerprint density at radius 1 is 1.56 bits per heavy atom. The van der Waals surface area contributed by atoms with E-state index in [1.54, 1.807) is 7.11 Å². The van der Waals surface area contributed by atoms with E-state index >= 15 is 0 Å². The number of hydrogen-bond acceptors (Lipinski definition) is 3. The van der Waals surface area contributed by atoms with Crippen molar-refractivity contribution in [2.45, 2.75) is 51.1 Å². The third kappa shape index (κ3) is 4.49. The molecular weight excluding hydrogens is 204 g/mol. The van der Waals surface area contributed by atoms with E-state index in [1.807, 2.05) is 0 Å². The molecule has 0 bridgehead atoms. The smallest absolute Gasteiger partial charge is 0.237 e. The third-order valence-electron chi connectivity index (χ3n) is 2.98. The first-order chi connectivity index (χ1) is 7.77. The minimum absolute atomic E-state index is 0.00459. The molecule has 1 rings (SSSR count). The Labute approximate surface area is 98.1 Å². The predicted molar refractivity (Wildman–Crippen MR) is 64.4 cm³/mol. The average Bonchev–Trinajstić information content (AvgIpc) is 2.31. The Bertz CT molecular complexity index is 197. The molecule has 1 saturated heterocycles. The first-order valence-corrected chi connectivity index (χ1v) is 6.30. The third-order valence-corrected chi connectivity index (χ3v) is 2.98. The van der Waals surface area contributed by atoms with Gasteiger partial charge < -0.3 is 15.4 Å². The van der Waals surface area contributed by atoms with Crippen LogP contribution in [-0.2, 0) is 9.53 Å². The molecule has 1 unspecified atom stereocenters. The van der Waals surface area contributed by atoms with E-state index in [0.717, 1.165) is 32.2 Å². The molecule has 0 aliphatic carbocycles. The molecule has 0 radical (unpaired) electrons. The summed E-state index contributed by atoms with van der Waals surface area (Å²) in [5.74, 6) is 0.134. The van der Waals surface area contributed by atoms with E-state index in [2.05, 4.69) is 17.6 Å². The summed E-state index contributed by atoms with van der Waals surface area (Å²) in [5.41, 5.74) is 0. The summed E-state index contributed by atoms with van der Waals surface area (Å²) in [7, 11) is 1.67. The zero-order chi connectivity index (χ0) is 11.8. The Morgan fingerprint density at radius 2 is 2.38 bits per heavy atom. The summed E-state index contributed by atoms with van der Waals surface area (Å²) >= 11 is 0. The van der Waals surface area contributed by atoms with Crippen LogP contribution in [0.25, 0.3) is 0 Å². The molecule has 4 heteroatoms. The van der Waals surface area contributed by atoms with Gasteiger partial charge in [-0.3, -0.25) is 4.79 Å². The monoisotopic (exact) mass is 228 g/mol. The van der Waals surface area contributed by atoms with Gasteiger partial charge in [-0.05, 0) is 25.8 Å². The fraction of sp³-hybridized carbons (Fsp3) is 0.917. The molecule has 0 aromatic rings. The average molecular weight is 228 g/mol. The highest BCUT2D eigenvalue weighted by molar-refractivity contribution is 5.82. The van der Waals surface area contributed by atoms with Crippen LogP contribution in [0.5, 0.6) is 0 Å². The summed E-state index contributed by atoms with van der Waals surface area (Å²) < 4.78 is 5.11. The molecule has 0 aromatic carbocycles. The normalized spacial score (nSPS) is 22.8. The molecule has 2 atom stereocenters. The van der Waals surface area contributed by atoms with Crippen molar-refractivity contribution in [3.63, 3.8) is 0 Å². The maximum atomic E-state index is 11.9. The van der Waals surface area contributed by atoms with Crippen LogP contribution in [0.3, 0.4) is 0 Å². The van der Waals surface area contributed by atoms with Crippen LogP contribution in [0.2, 0.25) is 0 Å². The molecule has 1 aliphatic rings. The van der Waals surface area contributed by atoms with Crippen LogP contribution in [-0.4, -0.2) is 38.3 Å². The lowest BCUT2D eigenvalue weighted by Gasteiger charge is -2.25. The maximum absolute atomic E-state index is 11.9. The molecule has 0 spiro atoms.